The highest BCUT2D eigenvalue weighted by Crippen LogP contribution is 2.31. The Labute approximate surface area is 632 Å². The molecule has 0 saturated carbocycles. The maximum atomic E-state index is 12.7. The third kappa shape index (κ3) is 20.0. The van der Waals surface area contributed by atoms with Crippen LogP contribution in [0.25, 0.3) is 32.3 Å². The predicted octanol–water partition coefficient (Wildman–Crippen LogP) is 15.9. The van der Waals surface area contributed by atoms with Crippen molar-refractivity contribution >= 4 is 137 Å². The molecule has 0 saturated heterocycles. The average molecular weight is 1490 g/mol. The lowest BCUT2D eigenvalue weighted by molar-refractivity contribution is -0.137. The molecule has 1 aliphatic heterocycles. The van der Waals surface area contributed by atoms with E-state index in [2.05, 4.69) is 45.9 Å². The third-order valence-corrected chi connectivity index (χ3v) is 18.6. The number of carbonyl (C=O) groups is 6. The molecule has 4 heterocycles. The van der Waals surface area contributed by atoms with E-state index in [1.54, 1.807) is 0 Å². The van der Waals surface area contributed by atoms with Gasteiger partial charge in [0.1, 0.15) is 50.4 Å². The first-order chi connectivity index (χ1) is 51.7. The number of aliphatic carboxylic acids is 3. The number of anilines is 6. The van der Waals surface area contributed by atoms with E-state index in [-0.39, 0.29) is 52.4 Å². The third-order valence-electron chi connectivity index (χ3n) is 17.7. The van der Waals surface area contributed by atoms with Crippen LogP contribution in [0.3, 0.4) is 0 Å². The molecule has 1 aliphatic rings. The van der Waals surface area contributed by atoms with E-state index < -0.39 is 17.9 Å². The molecule has 0 fully saturated rings. The first-order valence-corrected chi connectivity index (χ1v) is 35.7. The second kappa shape index (κ2) is 35.5. The maximum absolute atomic E-state index is 12.7. The van der Waals surface area contributed by atoms with Gasteiger partial charge in [-0.1, -0.05) is 174 Å². The molecule has 24 heteroatoms. The van der Waals surface area contributed by atoms with Gasteiger partial charge >= 0.3 is 17.9 Å². The van der Waals surface area contributed by atoms with Crippen LogP contribution in [0.2, 0.25) is 15.5 Å². The van der Waals surface area contributed by atoms with Crippen molar-refractivity contribution in [3.8, 4) is 0 Å². The number of carbonyl (C=O) groups excluding carboxylic acids is 3. The SMILES string of the molecule is CCN(C)c1nc(Cc2ccc(NC(=O)c3ccc4ccccc4c3)cc2)nc(Cl)c1CC(=O)O.CCN(CC)c1nc(Cc2ccc(NC(=O)c3ccc4ccccc4c3)cc2)nc(Cl)c1CC(=O)O.O=C(O)Cc1c(Cl)nc(Cc2ccc(NC(=O)c3ccc4ccccc4c3)cc2)nc1N1CC=CC1. The molecule has 12 aromatic rings. The minimum Gasteiger partial charge on any atom is -0.481 e. The summed E-state index contributed by atoms with van der Waals surface area (Å²) in [7, 11) is 1.83. The molecule has 107 heavy (non-hydrogen) atoms. The molecular weight excluding hydrogens is 1420 g/mol. The Bertz CT molecular complexity index is 5100. The fraction of sp³-hybridized carbons (Fsp3) is 0.181. The van der Waals surface area contributed by atoms with Crippen molar-refractivity contribution < 1.29 is 44.1 Å². The quantitative estimate of drug-likeness (QED) is 0.0242. The lowest BCUT2D eigenvalue weighted by Gasteiger charge is -2.23. The van der Waals surface area contributed by atoms with Crippen molar-refractivity contribution in [3.63, 3.8) is 0 Å². The van der Waals surface area contributed by atoms with Gasteiger partial charge in [0.2, 0.25) is 0 Å². The number of nitrogens with zero attached hydrogens (tertiary/aromatic N) is 9. The standard InChI is InChI=1S/C28H23ClN4O3.C28H27ClN4O3.C27H25ClN4O3/c29-26-23(17-25(34)35)27(33-13-3-4-14-33)32-24(31-26)15-18-7-11-22(12-8-18)30-28(36)21-10-9-19-5-1-2-6-20(19)16-21;1-3-33(4-2)27-23(17-25(34)35)26(29)31-24(32-27)15-18-9-13-22(14-10-18)30-28(36)21-12-11-19-7-5-6-8-20(19)16-21;1-3-32(2)26-22(16-24(33)34)25(28)30-23(31-26)14-17-8-12-21(13-9-17)29-27(35)20-11-10-18-6-4-5-7-19(18)15-20/h1-12,16H,13-15,17H2,(H,30,36)(H,34,35);5-14,16H,3-4,15,17H2,1-2H3,(H,30,36)(H,34,35);4-13,15H,3,14,16H2,1-2H3,(H,29,35)(H,33,34). The van der Waals surface area contributed by atoms with Crippen molar-refractivity contribution in [1.82, 2.24) is 29.9 Å². The molecule has 13 rings (SSSR count). The summed E-state index contributed by atoms with van der Waals surface area (Å²) in [6.45, 7) is 9.18. The zero-order valence-corrected chi connectivity index (χ0v) is 61.2. The van der Waals surface area contributed by atoms with E-state index in [0.717, 1.165) is 49.0 Å². The Balaban J connectivity index is 0.000000160. The number of rotatable bonds is 24. The Hall–Kier alpha value is -12.2. The molecule has 3 aromatic heterocycles. The molecule has 9 aromatic carbocycles. The number of fused-ring (bicyclic) bond motifs is 3. The van der Waals surface area contributed by atoms with Gasteiger partial charge < -0.3 is 46.0 Å². The van der Waals surface area contributed by atoms with Gasteiger partial charge in [-0.25, -0.2) is 29.9 Å². The van der Waals surface area contributed by atoms with Crippen LogP contribution < -0.4 is 30.7 Å². The summed E-state index contributed by atoms with van der Waals surface area (Å²) in [6.07, 6.45) is 4.53. The maximum Gasteiger partial charge on any atom is 0.308 e. The minimum atomic E-state index is -0.990. The van der Waals surface area contributed by atoms with E-state index in [1.165, 1.54) is 0 Å². The predicted molar refractivity (Wildman–Crippen MR) is 422 cm³/mol. The first kappa shape index (κ1) is 76.0. The molecule has 21 nitrogen and oxygen atoms in total. The van der Waals surface area contributed by atoms with Gasteiger partial charge in [0.05, 0.1) is 19.3 Å². The van der Waals surface area contributed by atoms with Crippen LogP contribution in [-0.2, 0) is 52.9 Å². The largest absolute Gasteiger partial charge is 0.481 e. The fourth-order valence-corrected chi connectivity index (χ4v) is 12.8. The van der Waals surface area contributed by atoms with Crippen LogP contribution in [0.4, 0.5) is 34.5 Å². The van der Waals surface area contributed by atoms with Crippen molar-refractivity contribution in [3.05, 3.63) is 295 Å². The molecule has 0 radical (unpaired) electrons. The summed E-state index contributed by atoms with van der Waals surface area (Å²) >= 11 is 19.1. The Kier molecular flexibility index (Phi) is 25.2. The highest BCUT2D eigenvalue weighted by molar-refractivity contribution is 6.31. The number of carboxylic acids is 3. The van der Waals surface area contributed by atoms with Gasteiger partial charge in [-0.05, 0) is 143 Å². The summed E-state index contributed by atoms with van der Waals surface area (Å²) < 4.78 is 0. The van der Waals surface area contributed by atoms with Gasteiger partial charge in [0, 0.05) is 109 Å². The van der Waals surface area contributed by atoms with E-state index in [1.807, 2.05) is 255 Å². The van der Waals surface area contributed by atoms with E-state index in [9.17, 15) is 44.1 Å². The zero-order valence-electron chi connectivity index (χ0n) is 58.9. The molecule has 0 aliphatic carbocycles. The Morgan fingerprint density at radius 3 is 1.06 bits per heavy atom. The summed E-state index contributed by atoms with van der Waals surface area (Å²) in [6, 6.07) is 63.0. The summed E-state index contributed by atoms with van der Waals surface area (Å²) in [5.74, 6) is -0.373. The summed E-state index contributed by atoms with van der Waals surface area (Å²) in [4.78, 5) is 105. The van der Waals surface area contributed by atoms with Gasteiger partial charge in [0.25, 0.3) is 17.7 Å². The van der Waals surface area contributed by atoms with Crippen molar-refractivity contribution in [1.29, 1.82) is 0 Å². The normalized spacial score (nSPS) is 11.5. The van der Waals surface area contributed by atoms with Gasteiger partial charge in [-0.2, -0.15) is 0 Å². The van der Waals surface area contributed by atoms with Crippen molar-refractivity contribution in [2.45, 2.75) is 59.3 Å². The lowest BCUT2D eigenvalue weighted by atomic mass is 10.1. The Morgan fingerprint density at radius 1 is 0.393 bits per heavy atom. The van der Waals surface area contributed by atoms with Gasteiger partial charge in [-0.3, -0.25) is 28.8 Å². The second-order valence-corrected chi connectivity index (χ2v) is 26.2. The van der Waals surface area contributed by atoms with Gasteiger partial charge in [0.15, 0.2) is 0 Å². The molecule has 6 N–H and O–H groups in total. The number of hydrogen-bond donors (Lipinski definition) is 6. The molecule has 3 amide bonds. The number of halogens is 3. The van der Waals surface area contributed by atoms with Crippen molar-refractivity contribution in [2.24, 2.45) is 0 Å². The van der Waals surface area contributed by atoms with Crippen LogP contribution in [0.15, 0.2) is 212 Å². The van der Waals surface area contributed by atoms with E-state index >= 15 is 0 Å². The zero-order chi connectivity index (χ0) is 75.7. The molecule has 0 bridgehead atoms. The van der Waals surface area contributed by atoms with Crippen LogP contribution in [0.5, 0.6) is 0 Å². The van der Waals surface area contributed by atoms with Gasteiger partial charge in [-0.15, -0.1) is 0 Å². The van der Waals surface area contributed by atoms with E-state index in [0.29, 0.717) is 137 Å². The molecule has 0 atom stereocenters. The first-order valence-electron chi connectivity index (χ1n) is 34.5. The Morgan fingerprint density at radius 2 is 0.710 bits per heavy atom. The molecule has 542 valence electrons. The number of aromatic nitrogens is 6. The summed E-state index contributed by atoms with van der Waals surface area (Å²) in [5, 5.41) is 43.3. The highest BCUT2D eigenvalue weighted by Gasteiger charge is 2.24. The van der Waals surface area contributed by atoms with Crippen LogP contribution in [0.1, 0.15) is 103 Å². The lowest BCUT2D eigenvalue weighted by Crippen LogP contribution is -2.26. The number of amides is 3. The van der Waals surface area contributed by atoms with E-state index in [4.69, 9.17) is 34.8 Å². The second-order valence-electron chi connectivity index (χ2n) is 25.1. The minimum absolute atomic E-state index is 0.145. The number of hydrogen-bond acceptors (Lipinski definition) is 15. The monoisotopic (exact) mass is 1490 g/mol. The number of nitrogens with one attached hydrogen (secondary N) is 3. The number of carboxylic acid groups (broad SMARTS) is 3. The molecular formula is C83H75Cl3N12O9. The number of benzene rings is 9. The smallest absolute Gasteiger partial charge is 0.308 e. The highest BCUT2D eigenvalue weighted by atomic mass is 35.5. The fourth-order valence-electron chi connectivity index (χ4n) is 12.0. The van der Waals surface area contributed by atoms with Crippen LogP contribution in [-0.4, -0.2) is 121 Å². The average Bonchev–Trinajstić information content (AvgIpc) is 1.81. The topological polar surface area (TPSA) is 286 Å². The van der Waals surface area contributed by atoms with Crippen molar-refractivity contribution in [2.75, 3.05) is 70.4 Å². The molecule has 0 spiro atoms. The molecule has 0 unspecified atom stereocenters. The summed E-state index contributed by atoms with van der Waals surface area (Å²) in [5.41, 5.74) is 7.84. The van der Waals surface area contributed by atoms with Crippen LogP contribution >= 0.6 is 34.8 Å². The van der Waals surface area contributed by atoms with Crippen LogP contribution in [0, 0.1) is 0 Å².